The van der Waals surface area contributed by atoms with Crippen LogP contribution in [0.15, 0.2) is 4.99 Å². The standard InChI is InChI=1S/C19H39N5O/c1-4-20-19(21-10-11-24-12-14-25-15-13-24)22-16-18(23(2)3)17-8-6-5-7-9-17/h17-18H,4-16H2,1-3H3,(H2,20,21,22). The van der Waals surface area contributed by atoms with E-state index in [1.807, 2.05) is 0 Å². The molecule has 146 valence electrons. The Morgan fingerprint density at radius 2 is 1.88 bits per heavy atom. The molecule has 0 radical (unpaired) electrons. The molecule has 1 aliphatic carbocycles. The predicted molar refractivity (Wildman–Crippen MR) is 105 cm³/mol. The van der Waals surface area contributed by atoms with Gasteiger partial charge in [-0.15, -0.1) is 0 Å². The molecule has 0 aromatic carbocycles. The molecule has 0 spiro atoms. The van der Waals surface area contributed by atoms with E-state index < -0.39 is 0 Å². The van der Waals surface area contributed by atoms with Gasteiger partial charge in [0.2, 0.25) is 0 Å². The summed E-state index contributed by atoms with van der Waals surface area (Å²) in [6.45, 7) is 9.70. The van der Waals surface area contributed by atoms with Gasteiger partial charge in [-0.1, -0.05) is 19.3 Å². The van der Waals surface area contributed by atoms with Crippen molar-refractivity contribution in [2.24, 2.45) is 10.9 Å². The lowest BCUT2D eigenvalue weighted by molar-refractivity contribution is 0.0389. The van der Waals surface area contributed by atoms with Crippen LogP contribution in [0.2, 0.25) is 0 Å². The first-order valence-corrected chi connectivity index (χ1v) is 10.2. The maximum atomic E-state index is 5.41. The fourth-order valence-electron chi connectivity index (χ4n) is 3.94. The van der Waals surface area contributed by atoms with Crippen molar-refractivity contribution in [1.82, 2.24) is 20.4 Å². The van der Waals surface area contributed by atoms with Gasteiger partial charge in [0, 0.05) is 38.8 Å². The third-order valence-electron chi connectivity index (χ3n) is 5.46. The van der Waals surface area contributed by atoms with E-state index >= 15 is 0 Å². The van der Waals surface area contributed by atoms with Crippen LogP contribution in [0.1, 0.15) is 39.0 Å². The van der Waals surface area contributed by atoms with Crippen LogP contribution in [-0.2, 0) is 4.74 Å². The average molecular weight is 354 g/mol. The number of aliphatic imine (C=N–C) groups is 1. The number of hydrogen-bond donors (Lipinski definition) is 2. The lowest BCUT2D eigenvalue weighted by atomic mass is 9.83. The van der Waals surface area contributed by atoms with Crippen LogP contribution in [0.25, 0.3) is 0 Å². The molecule has 2 fully saturated rings. The lowest BCUT2D eigenvalue weighted by Gasteiger charge is -2.34. The van der Waals surface area contributed by atoms with E-state index in [2.05, 4.69) is 41.5 Å². The Morgan fingerprint density at radius 1 is 1.16 bits per heavy atom. The summed E-state index contributed by atoms with van der Waals surface area (Å²) in [7, 11) is 4.40. The SMILES string of the molecule is CCNC(=NCC(C1CCCCC1)N(C)C)NCCN1CCOCC1. The maximum absolute atomic E-state index is 5.41. The first kappa shape index (κ1) is 20.5. The van der Waals surface area contributed by atoms with E-state index in [1.54, 1.807) is 0 Å². The van der Waals surface area contributed by atoms with Gasteiger partial charge in [0.05, 0.1) is 19.8 Å². The Hall–Kier alpha value is -0.850. The molecule has 2 rings (SSSR count). The van der Waals surface area contributed by atoms with E-state index in [4.69, 9.17) is 9.73 Å². The highest BCUT2D eigenvalue weighted by molar-refractivity contribution is 5.79. The molecule has 25 heavy (non-hydrogen) atoms. The summed E-state index contributed by atoms with van der Waals surface area (Å²) in [5.41, 5.74) is 0. The third kappa shape index (κ3) is 7.50. The van der Waals surface area contributed by atoms with Gasteiger partial charge >= 0.3 is 0 Å². The molecule has 2 N–H and O–H groups in total. The monoisotopic (exact) mass is 353 g/mol. The summed E-state index contributed by atoms with van der Waals surface area (Å²) in [6, 6.07) is 0.551. The first-order chi connectivity index (χ1) is 12.2. The molecule has 1 saturated heterocycles. The Morgan fingerprint density at radius 3 is 2.52 bits per heavy atom. The second kappa shape index (κ2) is 11.7. The highest BCUT2D eigenvalue weighted by atomic mass is 16.5. The van der Waals surface area contributed by atoms with E-state index in [-0.39, 0.29) is 0 Å². The summed E-state index contributed by atoms with van der Waals surface area (Å²) in [6.07, 6.45) is 6.90. The lowest BCUT2D eigenvalue weighted by Crippen LogP contribution is -2.45. The topological polar surface area (TPSA) is 52.1 Å². The van der Waals surface area contributed by atoms with Crippen molar-refractivity contribution in [3.63, 3.8) is 0 Å². The van der Waals surface area contributed by atoms with Crippen LogP contribution in [-0.4, -0.2) is 88.4 Å². The quantitative estimate of drug-likeness (QED) is 0.510. The molecule has 1 heterocycles. The van der Waals surface area contributed by atoms with Gasteiger partial charge in [-0.2, -0.15) is 0 Å². The Labute approximate surface area is 154 Å². The Bertz CT molecular complexity index is 376. The number of rotatable bonds is 8. The van der Waals surface area contributed by atoms with Crippen LogP contribution in [0.4, 0.5) is 0 Å². The van der Waals surface area contributed by atoms with E-state index in [1.165, 1.54) is 32.1 Å². The molecule has 1 aliphatic heterocycles. The van der Waals surface area contributed by atoms with Crippen LogP contribution in [0.5, 0.6) is 0 Å². The van der Waals surface area contributed by atoms with Crippen molar-refractivity contribution in [1.29, 1.82) is 0 Å². The van der Waals surface area contributed by atoms with Crippen LogP contribution in [0.3, 0.4) is 0 Å². The summed E-state index contributed by atoms with van der Waals surface area (Å²) >= 11 is 0. The van der Waals surface area contributed by atoms with Gasteiger partial charge in [0.15, 0.2) is 5.96 Å². The molecule has 0 aromatic rings. The van der Waals surface area contributed by atoms with Gasteiger partial charge < -0.3 is 20.3 Å². The molecular formula is C19H39N5O. The van der Waals surface area contributed by atoms with Gasteiger partial charge in [-0.3, -0.25) is 9.89 Å². The first-order valence-electron chi connectivity index (χ1n) is 10.2. The molecule has 1 saturated carbocycles. The van der Waals surface area contributed by atoms with Crippen molar-refractivity contribution in [3.05, 3.63) is 0 Å². The zero-order valence-corrected chi connectivity index (χ0v) is 16.6. The maximum Gasteiger partial charge on any atom is 0.191 e. The fraction of sp³-hybridized carbons (Fsp3) is 0.947. The van der Waals surface area contributed by atoms with Crippen molar-refractivity contribution in [2.75, 3.05) is 66.6 Å². The van der Waals surface area contributed by atoms with E-state index in [0.29, 0.717) is 6.04 Å². The largest absolute Gasteiger partial charge is 0.379 e. The summed E-state index contributed by atoms with van der Waals surface area (Å²) in [4.78, 5) is 9.72. The minimum atomic E-state index is 0.551. The normalized spacial score (nSPS) is 22.2. The number of hydrogen-bond acceptors (Lipinski definition) is 4. The number of likely N-dealkylation sites (N-methyl/N-ethyl adjacent to an activating group) is 1. The van der Waals surface area contributed by atoms with Crippen molar-refractivity contribution >= 4 is 5.96 Å². The van der Waals surface area contributed by atoms with Crippen LogP contribution >= 0.6 is 0 Å². The van der Waals surface area contributed by atoms with E-state index in [9.17, 15) is 0 Å². The molecule has 2 aliphatic rings. The van der Waals surface area contributed by atoms with Crippen molar-refractivity contribution in [2.45, 2.75) is 45.1 Å². The molecule has 6 nitrogen and oxygen atoms in total. The van der Waals surface area contributed by atoms with E-state index in [0.717, 1.165) is 64.4 Å². The molecule has 0 aromatic heterocycles. The summed E-state index contributed by atoms with van der Waals surface area (Å²) in [5, 5.41) is 6.90. The zero-order valence-electron chi connectivity index (χ0n) is 16.6. The highest BCUT2D eigenvalue weighted by Gasteiger charge is 2.25. The van der Waals surface area contributed by atoms with Crippen molar-refractivity contribution < 1.29 is 4.74 Å². The molecular weight excluding hydrogens is 314 g/mol. The van der Waals surface area contributed by atoms with Crippen molar-refractivity contribution in [3.8, 4) is 0 Å². The molecule has 0 bridgehead atoms. The average Bonchev–Trinajstić information content (AvgIpc) is 2.63. The van der Waals surface area contributed by atoms with Gasteiger partial charge in [-0.05, 0) is 39.8 Å². The number of guanidine groups is 1. The predicted octanol–water partition coefficient (Wildman–Crippen LogP) is 1.38. The van der Waals surface area contributed by atoms with Gasteiger partial charge in [-0.25, -0.2) is 0 Å². The number of ether oxygens (including phenoxy) is 1. The van der Waals surface area contributed by atoms with Crippen LogP contribution < -0.4 is 10.6 Å². The smallest absolute Gasteiger partial charge is 0.191 e. The highest BCUT2D eigenvalue weighted by Crippen LogP contribution is 2.28. The molecule has 1 atom stereocenters. The minimum Gasteiger partial charge on any atom is -0.379 e. The molecule has 1 unspecified atom stereocenters. The Balaban J connectivity index is 1.81. The third-order valence-corrected chi connectivity index (χ3v) is 5.46. The summed E-state index contributed by atoms with van der Waals surface area (Å²) < 4.78 is 5.41. The second-order valence-electron chi connectivity index (χ2n) is 7.53. The molecule has 6 heteroatoms. The number of morpholine rings is 1. The number of nitrogens with zero attached hydrogens (tertiary/aromatic N) is 3. The minimum absolute atomic E-state index is 0.551. The Kier molecular flexibility index (Phi) is 9.58. The van der Waals surface area contributed by atoms with Crippen LogP contribution in [0, 0.1) is 5.92 Å². The fourth-order valence-corrected chi connectivity index (χ4v) is 3.94. The van der Waals surface area contributed by atoms with Gasteiger partial charge in [0.25, 0.3) is 0 Å². The molecule has 0 amide bonds. The summed E-state index contributed by atoms with van der Waals surface area (Å²) in [5.74, 6) is 1.75. The zero-order chi connectivity index (χ0) is 17.9. The number of nitrogens with one attached hydrogen (secondary N) is 2. The van der Waals surface area contributed by atoms with Gasteiger partial charge in [0.1, 0.15) is 0 Å². The second-order valence-corrected chi connectivity index (χ2v) is 7.53.